The summed E-state index contributed by atoms with van der Waals surface area (Å²) in [6, 6.07) is 7.50. The van der Waals surface area contributed by atoms with Crippen LogP contribution in [0.4, 0.5) is 0 Å². The van der Waals surface area contributed by atoms with Crippen LogP contribution in [0.5, 0.6) is 5.75 Å². The van der Waals surface area contributed by atoms with Crippen molar-refractivity contribution in [2.45, 2.75) is 19.4 Å². The summed E-state index contributed by atoms with van der Waals surface area (Å²) in [6.07, 6.45) is 0.501. The van der Waals surface area contributed by atoms with Gasteiger partial charge in [-0.05, 0) is 41.4 Å². The van der Waals surface area contributed by atoms with Crippen molar-refractivity contribution >= 4 is 21.8 Å². The first kappa shape index (κ1) is 14.3. The number of rotatable bonds is 5. The number of ether oxygens (including phenoxy) is 2. The van der Waals surface area contributed by atoms with E-state index >= 15 is 0 Å². The van der Waals surface area contributed by atoms with Crippen LogP contribution in [0.1, 0.15) is 13.3 Å². The predicted molar refractivity (Wildman–Crippen MR) is 76.2 cm³/mol. The Balaban J connectivity index is 1.80. The van der Waals surface area contributed by atoms with Gasteiger partial charge in [0, 0.05) is 19.1 Å². The van der Waals surface area contributed by atoms with Gasteiger partial charge in [0.1, 0.15) is 5.75 Å². The molecule has 2 atom stereocenters. The van der Waals surface area contributed by atoms with Gasteiger partial charge in [-0.3, -0.25) is 4.79 Å². The molecule has 1 fully saturated rings. The molecule has 1 N–H and O–H groups in total. The third-order valence-electron chi connectivity index (χ3n) is 3.10. The third kappa shape index (κ3) is 4.21. The quantitative estimate of drug-likeness (QED) is 0.903. The SMILES string of the molecule is CC(Oc1ccccc1Br)C(=O)NCC1CCOC1. The van der Waals surface area contributed by atoms with E-state index in [9.17, 15) is 4.79 Å². The van der Waals surface area contributed by atoms with Crippen LogP contribution in [0.3, 0.4) is 0 Å². The van der Waals surface area contributed by atoms with E-state index in [0.29, 0.717) is 18.2 Å². The second-order valence-corrected chi connectivity index (χ2v) is 5.52. The van der Waals surface area contributed by atoms with Gasteiger partial charge in [0.05, 0.1) is 11.1 Å². The van der Waals surface area contributed by atoms with Crippen molar-refractivity contribution < 1.29 is 14.3 Å². The molecule has 0 radical (unpaired) electrons. The monoisotopic (exact) mass is 327 g/mol. The molecule has 0 spiro atoms. The minimum Gasteiger partial charge on any atom is -0.480 e. The van der Waals surface area contributed by atoms with Crippen molar-refractivity contribution in [3.8, 4) is 5.75 Å². The zero-order valence-electron chi connectivity index (χ0n) is 10.9. The van der Waals surface area contributed by atoms with Gasteiger partial charge in [-0.2, -0.15) is 0 Å². The Morgan fingerprint density at radius 3 is 3.05 bits per heavy atom. The van der Waals surface area contributed by atoms with Gasteiger partial charge in [-0.1, -0.05) is 12.1 Å². The molecule has 4 nitrogen and oxygen atoms in total. The number of para-hydroxylation sites is 1. The maximum atomic E-state index is 11.9. The summed E-state index contributed by atoms with van der Waals surface area (Å²) >= 11 is 3.39. The van der Waals surface area contributed by atoms with Crippen LogP contribution in [-0.4, -0.2) is 31.8 Å². The van der Waals surface area contributed by atoms with Crippen LogP contribution in [0.15, 0.2) is 28.7 Å². The van der Waals surface area contributed by atoms with Crippen molar-refractivity contribution in [1.82, 2.24) is 5.32 Å². The summed E-state index contributed by atoms with van der Waals surface area (Å²) in [7, 11) is 0. The molecular weight excluding hydrogens is 310 g/mol. The lowest BCUT2D eigenvalue weighted by atomic mass is 10.1. The average molecular weight is 328 g/mol. The molecular formula is C14H18BrNO3. The summed E-state index contributed by atoms with van der Waals surface area (Å²) in [6.45, 7) is 3.94. The Bertz CT molecular complexity index is 432. The molecule has 2 unspecified atom stereocenters. The van der Waals surface area contributed by atoms with Gasteiger partial charge in [-0.25, -0.2) is 0 Å². The molecule has 0 aromatic heterocycles. The Labute approximate surface area is 121 Å². The molecule has 1 aromatic carbocycles. The summed E-state index contributed by atoms with van der Waals surface area (Å²) in [5, 5.41) is 2.90. The highest BCUT2D eigenvalue weighted by molar-refractivity contribution is 9.10. The molecule has 0 saturated carbocycles. The minimum atomic E-state index is -0.513. The standard InChI is InChI=1S/C14H18BrNO3/c1-10(19-13-5-3-2-4-12(13)15)14(17)16-8-11-6-7-18-9-11/h2-5,10-11H,6-9H2,1H3,(H,16,17). The minimum absolute atomic E-state index is 0.0948. The van der Waals surface area contributed by atoms with Gasteiger partial charge < -0.3 is 14.8 Å². The van der Waals surface area contributed by atoms with E-state index in [1.54, 1.807) is 6.92 Å². The molecule has 1 saturated heterocycles. The van der Waals surface area contributed by atoms with Gasteiger partial charge in [0.2, 0.25) is 0 Å². The van der Waals surface area contributed by atoms with E-state index in [-0.39, 0.29) is 5.91 Å². The number of carbonyl (C=O) groups excluding carboxylic acids is 1. The average Bonchev–Trinajstić information content (AvgIpc) is 2.91. The highest BCUT2D eigenvalue weighted by Crippen LogP contribution is 2.24. The topological polar surface area (TPSA) is 47.6 Å². The lowest BCUT2D eigenvalue weighted by Crippen LogP contribution is -2.39. The number of hydrogen-bond acceptors (Lipinski definition) is 3. The maximum Gasteiger partial charge on any atom is 0.260 e. The van der Waals surface area contributed by atoms with Crippen molar-refractivity contribution in [3.63, 3.8) is 0 Å². The Hall–Kier alpha value is -1.07. The van der Waals surface area contributed by atoms with Crippen molar-refractivity contribution in [3.05, 3.63) is 28.7 Å². The summed E-state index contributed by atoms with van der Waals surface area (Å²) in [5.41, 5.74) is 0. The highest BCUT2D eigenvalue weighted by Gasteiger charge is 2.19. The van der Waals surface area contributed by atoms with E-state index in [1.807, 2.05) is 24.3 Å². The molecule has 1 aliphatic rings. The van der Waals surface area contributed by atoms with E-state index in [1.165, 1.54) is 0 Å². The van der Waals surface area contributed by atoms with Crippen LogP contribution in [0.25, 0.3) is 0 Å². The fourth-order valence-electron chi connectivity index (χ4n) is 1.92. The first-order valence-corrected chi connectivity index (χ1v) is 7.22. The summed E-state index contributed by atoms with van der Waals surface area (Å²) in [4.78, 5) is 11.9. The number of benzene rings is 1. The Kier molecular flexibility index (Phi) is 5.22. The number of amides is 1. The Morgan fingerprint density at radius 2 is 2.37 bits per heavy atom. The number of halogens is 1. The maximum absolute atomic E-state index is 11.9. The number of hydrogen-bond donors (Lipinski definition) is 1. The molecule has 5 heteroatoms. The third-order valence-corrected chi connectivity index (χ3v) is 3.75. The van der Waals surface area contributed by atoms with Crippen LogP contribution in [-0.2, 0) is 9.53 Å². The summed E-state index contributed by atoms with van der Waals surface area (Å²) < 4.78 is 11.8. The van der Waals surface area contributed by atoms with Crippen LogP contribution < -0.4 is 10.1 Å². The molecule has 104 valence electrons. The van der Waals surface area contributed by atoms with Gasteiger partial charge in [-0.15, -0.1) is 0 Å². The van der Waals surface area contributed by atoms with Gasteiger partial charge in [0.25, 0.3) is 5.91 Å². The zero-order valence-corrected chi connectivity index (χ0v) is 12.5. The largest absolute Gasteiger partial charge is 0.480 e. The van der Waals surface area contributed by atoms with Crippen LogP contribution >= 0.6 is 15.9 Å². The molecule has 19 heavy (non-hydrogen) atoms. The molecule has 1 amide bonds. The van der Waals surface area contributed by atoms with E-state index < -0.39 is 6.10 Å². The van der Waals surface area contributed by atoms with Crippen LogP contribution in [0, 0.1) is 5.92 Å². The predicted octanol–water partition coefficient (Wildman–Crippen LogP) is 2.37. The highest BCUT2D eigenvalue weighted by atomic mass is 79.9. The van der Waals surface area contributed by atoms with E-state index in [2.05, 4.69) is 21.2 Å². The second kappa shape index (κ2) is 6.91. The van der Waals surface area contributed by atoms with Gasteiger partial charge >= 0.3 is 0 Å². The number of carbonyl (C=O) groups is 1. The smallest absolute Gasteiger partial charge is 0.260 e. The Morgan fingerprint density at radius 1 is 1.58 bits per heavy atom. The van der Waals surface area contributed by atoms with E-state index in [0.717, 1.165) is 24.1 Å². The fourth-order valence-corrected chi connectivity index (χ4v) is 2.30. The van der Waals surface area contributed by atoms with E-state index in [4.69, 9.17) is 9.47 Å². The second-order valence-electron chi connectivity index (χ2n) is 4.67. The first-order chi connectivity index (χ1) is 9.16. The molecule has 0 bridgehead atoms. The zero-order chi connectivity index (χ0) is 13.7. The van der Waals surface area contributed by atoms with Crippen LogP contribution in [0.2, 0.25) is 0 Å². The first-order valence-electron chi connectivity index (χ1n) is 6.43. The molecule has 1 heterocycles. The molecule has 0 aliphatic carbocycles. The molecule has 1 aromatic rings. The molecule has 2 rings (SSSR count). The normalized spacial score (nSPS) is 20.0. The number of nitrogens with one attached hydrogen (secondary N) is 1. The lowest BCUT2D eigenvalue weighted by Gasteiger charge is -2.16. The van der Waals surface area contributed by atoms with Crippen molar-refractivity contribution in [2.75, 3.05) is 19.8 Å². The summed E-state index contributed by atoms with van der Waals surface area (Å²) in [5.74, 6) is 1.01. The van der Waals surface area contributed by atoms with Gasteiger partial charge in [0.15, 0.2) is 6.10 Å². The lowest BCUT2D eigenvalue weighted by molar-refractivity contribution is -0.127. The fraction of sp³-hybridized carbons (Fsp3) is 0.500. The van der Waals surface area contributed by atoms with Crippen molar-refractivity contribution in [2.24, 2.45) is 5.92 Å². The molecule has 1 aliphatic heterocycles. The van der Waals surface area contributed by atoms with Crippen molar-refractivity contribution in [1.29, 1.82) is 0 Å².